The number of nitrogen functional groups attached to an aromatic ring is 1. The molecule has 0 saturated carbocycles. The molecule has 7 heteroatoms. The molecule has 1 saturated heterocycles. The van der Waals surface area contributed by atoms with Gasteiger partial charge in [-0.1, -0.05) is 17.4 Å². The predicted molar refractivity (Wildman–Crippen MR) is 78.9 cm³/mol. The van der Waals surface area contributed by atoms with Crippen LogP contribution in [0.3, 0.4) is 0 Å². The number of nitrogens with one attached hydrogen (secondary N) is 1. The molecule has 20 heavy (non-hydrogen) atoms. The standard InChI is InChI=1S/C13H16N4O2S/c1-19-9-3-2-8(12-11(9)16-13(14)20-12)6-17-5-4-15-10(18)7-17/h2-3H,4-7H2,1H3,(H2,14,16)(H,15,18). The maximum Gasteiger partial charge on any atom is 0.234 e. The van der Waals surface area contributed by atoms with Crippen LogP contribution in [0.15, 0.2) is 12.1 Å². The van der Waals surface area contributed by atoms with Gasteiger partial charge in [0.1, 0.15) is 11.3 Å². The molecule has 6 nitrogen and oxygen atoms in total. The number of piperazine rings is 1. The summed E-state index contributed by atoms with van der Waals surface area (Å²) in [6.07, 6.45) is 0. The van der Waals surface area contributed by atoms with Crippen molar-refractivity contribution in [3.63, 3.8) is 0 Å². The third kappa shape index (κ3) is 2.41. The highest BCUT2D eigenvalue weighted by Gasteiger charge is 2.19. The molecule has 0 radical (unpaired) electrons. The summed E-state index contributed by atoms with van der Waals surface area (Å²) in [5.74, 6) is 0.804. The van der Waals surface area contributed by atoms with Crippen molar-refractivity contribution >= 4 is 32.6 Å². The van der Waals surface area contributed by atoms with Crippen molar-refractivity contribution in [3.05, 3.63) is 17.7 Å². The Labute approximate surface area is 120 Å². The number of carbonyl (C=O) groups excluding carboxylic acids is 1. The van der Waals surface area contributed by atoms with Crippen molar-refractivity contribution in [2.45, 2.75) is 6.54 Å². The minimum absolute atomic E-state index is 0.0739. The van der Waals surface area contributed by atoms with Crippen molar-refractivity contribution in [2.24, 2.45) is 0 Å². The molecule has 1 fully saturated rings. The fraction of sp³-hybridized carbons (Fsp3) is 0.385. The van der Waals surface area contributed by atoms with Gasteiger partial charge in [-0.25, -0.2) is 4.98 Å². The van der Waals surface area contributed by atoms with Crippen LogP contribution in [-0.2, 0) is 11.3 Å². The van der Waals surface area contributed by atoms with Gasteiger partial charge < -0.3 is 15.8 Å². The molecule has 3 N–H and O–H groups in total. The highest BCUT2D eigenvalue weighted by atomic mass is 32.1. The normalized spacial score (nSPS) is 16.4. The van der Waals surface area contributed by atoms with Crippen LogP contribution in [0.2, 0.25) is 0 Å². The minimum Gasteiger partial charge on any atom is -0.494 e. The van der Waals surface area contributed by atoms with Crippen molar-refractivity contribution in [3.8, 4) is 5.75 Å². The zero-order valence-electron chi connectivity index (χ0n) is 11.2. The first-order chi connectivity index (χ1) is 9.67. The van der Waals surface area contributed by atoms with E-state index in [0.29, 0.717) is 18.2 Å². The number of ether oxygens (including phenoxy) is 1. The van der Waals surface area contributed by atoms with Gasteiger partial charge in [0.25, 0.3) is 0 Å². The average Bonchev–Trinajstić information content (AvgIpc) is 2.81. The van der Waals surface area contributed by atoms with E-state index in [1.54, 1.807) is 7.11 Å². The quantitative estimate of drug-likeness (QED) is 0.875. The summed E-state index contributed by atoms with van der Waals surface area (Å²) in [7, 11) is 1.62. The summed E-state index contributed by atoms with van der Waals surface area (Å²) < 4.78 is 6.35. The Morgan fingerprint density at radius 3 is 3.15 bits per heavy atom. The van der Waals surface area contributed by atoms with Crippen molar-refractivity contribution in [1.29, 1.82) is 0 Å². The highest BCUT2D eigenvalue weighted by Crippen LogP contribution is 2.34. The molecule has 0 unspecified atom stereocenters. The molecule has 0 spiro atoms. The third-order valence-corrected chi connectivity index (χ3v) is 4.30. The van der Waals surface area contributed by atoms with Crippen LogP contribution in [0, 0.1) is 0 Å². The van der Waals surface area contributed by atoms with Crippen LogP contribution in [0.25, 0.3) is 10.2 Å². The Morgan fingerprint density at radius 2 is 2.40 bits per heavy atom. The largest absolute Gasteiger partial charge is 0.494 e. The minimum atomic E-state index is 0.0739. The Morgan fingerprint density at radius 1 is 1.55 bits per heavy atom. The molecule has 1 amide bonds. The first kappa shape index (κ1) is 13.1. The molecule has 1 aliphatic rings. The van der Waals surface area contributed by atoms with Gasteiger partial charge in [-0.3, -0.25) is 9.69 Å². The molecular formula is C13H16N4O2S. The maximum absolute atomic E-state index is 11.4. The number of nitrogens with two attached hydrogens (primary N) is 1. The van der Waals surface area contributed by atoms with Gasteiger partial charge in [0.05, 0.1) is 18.4 Å². The van der Waals surface area contributed by atoms with E-state index in [2.05, 4.69) is 15.2 Å². The van der Waals surface area contributed by atoms with Crippen LogP contribution in [0.1, 0.15) is 5.56 Å². The Hall–Kier alpha value is -1.86. The SMILES string of the molecule is COc1ccc(CN2CCNC(=O)C2)c2sc(N)nc12. The smallest absolute Gasteiger partial charge is 0.234 e. The molecule has 0 aliphatic carbocycles. The van der Waals surface area contributed by atoms with Crippen molar-refractivity contribution in [2.75, 3.05) is 32.5 Å². The number of carbonyl (C=O) groups is 1. The molecular weight excluding hydrogens is 276 g/mol. The molecule has 3 rings (SSSR count). The fourth-order valence-corrected chi connectivity index (χ4v) is 3.26. The van der Waals surface area contributed by atoms with Gasteiger partial charge in [0.2, 0.25) is 5.91 Å². The highest BCUT2D eigenvalue weighted by molar-refractivity contribution is 7.22. The number of thiazole rings is 1. The van der Waals surface area contributed by atoms with Gasteiger partial charge in [-0.15, -0.1) is 0 Å². The van der Waals surface area contributed by atoms with Gasteiger partial charge >= 0.3 is 0 Å². The number of nitrogens with zero attached hydrogens (tertiary/aromatic N) is 2. The second-order valence-corrected chi connectivity index (χ2v) is 5.75. The van der Waals surface area contributed by atoms with E-state index in [9.17, 15) is 4.79 Å². The van der Waals surface area contributed by atoms with E-state index in [-0.39, 0.29) is 5.91 Å². The molecule has 0 bridgehead atoms. The molecule has 1 aromatic heterocycles. The number of hydrogen-bond acceptors (Lipinski definition) is 6. The van der Waals surface area contributed by atoms with Crippen LogP contribution in [-0.4, -0.2) is 42.5 Å². The summed E-state index contributed by atoms with van der Waals surface area (Å²) in [5.41, 5.74) is 7.74. The number of benzene rings is 1. The van der Waals surface area contributed by atoms with Gasteiger partial charge in [-0.05, 0) is 11.6 Å². The number of fused-ring (bicyclic) bond motifs is 1. The molecule has 2 heterocycles. The van der Waals surface area contributed by atoms with Crippen LogP contribution in [0.5, 0.6) is 5.75 Å². The van der Waals surface area contributed by atoms with Crippen molar-refractivity contribution < 1.29 is 9.53 Å². The lowest BCUT2D eigenvalue weighted by Crippen LogP contribution is -2.47. The van der Waals surface area contributed by atoms with Crippen LogP contribution < -0.4 is 15.8 Å². The van der Waals surface area contributed by atoms with Crippen LogP contribution in [0.4, 0.5) is 5.13 Å². The lowest BCUT2D eigenvalue weighted by atomic mass is 10.1. The van der Waals surface area contributed by atoms with E-state index >= 15 is 0 Å². The van der Waals surface area contributed by atoms with Gasteiger partial charge in [0, 0.05) is 19.6 Å². The third-order valence-electron chi connectivity index (χ3n) is 3.34. The number of rotatable bonds is 3. The van der Waals surface area contributed by atoms with E-state index in [0.717, 1.165) is 34.6 Å². The van der Waals surface area contributed by atoms with E-state index < -0.39 is 0 Å². The average molecular weight is 292 g/mol. The van der Waals surface area contributed by atoms with E-state index in [1.807, 2.05) is 12.1 Å². The second kappa shape index (κ2) is 5.26. The summed E-state index contributed by atoms with van der Waals surface area (Å²) >= 11 is 1.46. The van der Waals surface area contributed by atoms with Gasteiger partial charge in [0.15, 0.2) is 5.13 Å². The fourth-order valence-electron chi connectivity index (χ4n) is 2.41. The molecule has 2 aromatic rings. The Bertz CT molecular complexity index is 655. The zero-order chi connectivity index (χ0) is 14.1. The lowest BCUT2D eigenvalue weighted by Gasteiger charge is -2.26. The van der Waals surface area contributed by atoms with E-state index in [4.69, 9.17) is 10.5 Å². The summed E-state index contributed by atoms with van der Waals surface area (Å²) in [6, 6.07) is 3.92. The number of amides is 1. The molecule has 1 aliphatic heterocycles. The Balaban J connectivity index is 1.93. The van der Waals surface area contributed by atoms with Gasteiger partial charge in [-0.2, -0.15) is 0 Å². The summed E-state index contributed by atoms with van der Waals surface area (Å²) in [5, 5.41) is 3.36. The topological polar surface area (TPSA) is 80.5 Å². The summed E-state index contributed by atoms with van der Waals surface area (Å²) in [4.78, 5) is 17.9. The monoisotopic (exact) mass is 292 g/mol. The Kier molecular flexibility index (Phi) is 3.45. The number of hydrogen-bond donors (Lipinski definition) is 2. The number of anilines is 1. The predicted octanol–water partition coefficient (Wildman–Crippen LogP) is 0.819. The first-order valence-electron chi connectivity index (χ1n) is 6.38. The maximum atomic E-state index is 11.4. The zero-order valence-corrected chi connectivity index (χ0v) is 12.0. The molecule has 0 atom stereocenters. The van der Waals surface area contributed by atoms with Crippen molar-refractivity contribution in [1.82, 2.24) is 15.2 Å². The number of aromatic nitrogens is 1. The molecule has 1 aromatic carbocycles. The second-order valence-electron chi connectivity index (χ2n) is 4.72. The lowest BCUT2D eigenvalue weighted by molar-refractivity contribution is -0.124. The first-order valence-corrected chi connectivity index (χ1v) is 7.20. The van der Waals surface area contributed by atoms with Crippen LogP contribution >= 0.6 is 11.3 Å². The number of methoxy groups -OCH3 is 1. The summed E-state index contributed by atoms with van der Waals surface area (Å²) in [6.45, 7) is 2.70. The van der Waals surface area contributed by atoms with E-state index in [1.165, 1.54) is 11.3 Å². The molecule has 106 valence electrons.